The Morgan fingerprint density at radius 2 is 1.57 bits per heavy atom. The molecule has 4 rings (SSSR count). The fourth-order valence-corrected chi connectivity index (χ4v) is 3.21. The van der Waals surface area contributed by atoms with Gasteiger partial charge in [0.25, 0.3) is 5.88 Å². The number of piperazine rings is 1. The molecule has 7 heteroatoms. The topological polar surface area (TPSA) is 41.5 Å². The molecule has 1 saturated heterocycles. The van der Waals surface area contributed by atoms with Gasteiger partial charge < -0.3 is 9.64 Å². The number of hydrogen-bond acceptors (Lipinski definition) is 5. The fourth-order valence-electron chi connectivity index (χ4n) is 3.21. The maximum atomic E-state index is 13.9. The number of hydrogen-bond donors (Lipinski definition) is 0. The van der Waals surface area contributed by atoms with Crippen molar-refractivity contribution in [3.05, 3.63) is 78.1 Å². The number of ether oxygens (including phenoxy) is 1. The molecule has 1 aliphatic heterocycles. The molecule has 0 N–H and O–H groups in total. The second kappa shape index (κ2) is 8.31. The Hall–Kier alpha value is -3.06. The monoisotopic (exact) mass is 382 g/mol. The molecule has 2 heterocycles. The summed E-state index contributed by atoms with van der Waals surface area (Å²) in [5.41, 5.74) is 0.704. The molecule has 0 bridgehead atoms. The highest BCUT2D eigenvalue weighted by Crippen LogP contribution is 2.28. The molecule has 0 atom stereocenters. The molecule has 2 aromatic carbocycles. The van der Waals surface area contributed by atoms with Gasteiger partial charge >= 0.3 is 0 Å². The summed E-state index contributed by atoms with van der Waals surface area (Å²) >= 11 is 0. The van der Waals surface area contributed by atoms with Gasteiger partial charge in [-0.05, 0) is 30.3 Å². The van der Waals surface area contributed by atoms with Crippen LogP contribution < -0.4 is 9.64 Å². The Morgan fingerprint density at radius 1 is 0.857 bits per heavy atom. The average Bonchev–Trinajstić information content (AvgIpc) is 2.73. The third kappa shape index (κ3) is 4.26. The van der Waals surface area contributed by atoms with Crippen LogP contribution >= 0.6 is 0 Å². The van der Waals surface area contributed by atoms with Crippen LogP contribution in [-0.2, 0) is 6.54 Å². The first-order chi connectivity index (χ1) is 13.7. The molecule has 1 aliphatic rings. The van der Waals surface area contributed by atoms with E-state index in [1.54, 1.807) is 30.6 Å². The van der Waals surface area contributed by atoms with Gasteiger partial charge in [-0.1, -0.05) is 18.2 Å². The molecule has 0 spiro atoms. The Morgan fingerprint density at radius 3 is 2.32 bits per heavy atom. The molecule has 0 aliphatic carbocycles. The normalized spacial score (nSPS) is 14.9. The van der Waals surface area contributed by atoms with E-state index in [1.165, 1.54) is 18.2 Å². The van der Waals surface area contributed by atoms with Gasteiger partial charge in [-0.15, -0.1) is 0 Å². The zero-order valence-corrected chi connectivity index (χ0v) is 15.3. The minimum Gasteiger partial charge on any atom is -0.436 e. The maximum absolute atomic E-state index is 13.9. The lowest BCUT2D eigenvalue weighted by Gasteiger charge is -2.35. The van der Waals surface area contributed by atoms with Crippen molar-refractivity contribution in [2.24, 2.45) is 0 Å². The van der Waals surface area contributed by atoms with Crippen molar-refractivity contribution in [2.75, 3.05) is 31.1 Å². The summed E-state index contributed by atoms with van der Waals surface area (Å²) in [5, 5.41) is 0. The third-order valence-corrected chi connectivity index (χ3v) is 4.70. The summed E-state index contributed by atoms with van der Waals surface area (Å²) in [6, 6.07) is 12.7. The van der Waals surface area contributed by atoms with E-state index >= 15 is 0 Å². The van der Waals surface area contributed by atoms with Gasteiger partial charge in [0, 0.05) is 50.7 Å². The number of anilines is 1. The third-order valence-electron chi connectivity index (χ3n) is 4.70. The molecular weight excluding hydrogens is 362 g/mol. The minimum absolute atomic E-state index is 0.172. The highest BCUT2D eigenvalue weighted by molar-refractivity contribution is 5.50. The second-order valence-electron chi connectivity index (χ2n) is 6.60. The van der Waals surface area contributed by atoms with Crippen LogP contribution in [0.15, 0.2) is 60.9 Å². The number of benzene rings is 2. The summed E-state index contributed by atoms with van der Waals surface area (Å²) in [5.74, 6) is 1.04. The van der Waals surface area contributed by atoms with Crippen LogP contribution in [-0.4, -0.2) is 41.0 Å². The van der Waals surface area contributed by atoms with Crippen LogP contribution in [0.25, 0.3) is 0 Å². The summed E-state index contributed by atoms with van der Waals surface area (Å²) in [6.07, 6.45) is 3.19. The van der Waals surface area contributed by atoms with Crippen molar-refractivity contribution in [1.29, 1.82) is 0 Å². The predicted octanol–water partition coefficient (Wildman–Crippen LogP) is 3.87. The average molecular weight is 382 g/mol. The molecule has 0 radical (unpaired) electrons. The zero-order valence-electron chi connectivity index (χ0n) is 15.3. The van der Waals surface area contributed by atoms with E-state index in [0.29, 0.717) is 29.6 Å². The first-order valence-corrected chi connectivity index (χ1v) is 9.14. The standard InChI is InChI=1S/C21H20F2N4O/c22-17-5-7-18(8-6-17)28-21-20(24-9-10-25-21)27-13-11-26(12-14-27)15-16-3-1-2-4-19(16)23/h1-10H,11-15H2. The lowest BCUT2D eigenvalue weighted by molar-refractivity contribution is 0.245. The Labute approximate surface area is 162 Å². The quantitative estimate of drug-likeness (QED) is 0.670. The van der Waals surface area contributed by atoms with Crippen molar-refractivity contribution >= 4 is 5.82 Å². The number of halogens is 2. The van der Waals surface area contributed by atoms with Crippen LogP contribution in [0, 0.1) is 11.6 Å². The van der Waals surface area contributed by atoms with E-state index in [2.05, 4.69) is 19.8 Å². The van der Waals surface area contributed by atoms with Crippen molar-refractivity contribution in [3.8, 4) is 11.6 Å². The number of aromatic nitrogens is 2. The Kier molecular flexibility index (Phi) is 5.43. The van der Waals surface area contributed by atoms with E-state index in [1.807, 2.05) is 12.1 Å². The maximum Gasteiger partial charge on any atom is 0.263 e. The molecule has 144 valence electrons. The lowest BCUT2D eigenvalue weighted by atomic mass is 10.2. The second-order valence-corrected chi connectivity index (χ2v) is 6.60. The van der Waals surface area contributed by atoms with Gasteiger partial charge in [-0.3, -0.25) is 4.90 Å². The van der Waals surface area contributed by atoms with Gasteiger partial charge in [-0.25, -0.2) is 18.7 Å². The Bertz CT molecular complexity index is 928. The van der Waals surface area contributed by atoms with E-state index < -0.39 is 0 Å². The molecule has 0 unspecified atom stereocenters. The molecule has 3 aromatic rings. The first-order valence-electron chi connectivity index (χ1n) is 9.14. The van der Waals surface area contributed by atoms with E-state index in [4.69, 9.17) is 4.74 Å². The molecule has 1 fully saturated rings. The van der Waals surface area contributed by atoms with Crippen LogP contribution in [0.5, 0.6) is 11.6 Å². The smallest absolute Gasteiger partial charge is 0.263 e. The SMILES string of the molecule is Fc1ccc(Oc2nccnc2N2CCN(Cc3ccccc3F)CC2)cc1. The van der Waals surface area contributed by atoms with Crippen LogP contribution in [0.4, 0.5) is 14.6 Å². The molecule has 0 saturated carbocycles. The Balaban J connectivity index is 1.42. The van der Waals surface area contributed by atoms with E-state index in [0.717, 1.165) is 26.2 Å². The predicted molar refractivity (Wildman–Crippen MR) is 102 cm³/mol. The minimum atomic E-state index is -0.322. The molecular formula is C21H20F2N4O. The molecule has 0 amide bonds. The van der Waals surface area contributed by atoms with Crippen molar-refractivity contribution in [3.63, 3.8) is 0 Å². The molecule has 5 nitrogen and oxygen atoms in total. The summed E-state index contributed by atoms with van der Waals surface area (Å²) in [7, 11) is 0. The highest BCUT2D eigenvalue weighted by Gasteiger charge is 2.22. The summed E-state index contributed by atoms with van der Waals surface area (Å²) < 4.78 is 32.8. The summed E-state index contributed by atoms with van der Waals surface area (Å²) in [6.45, 7) is 3.60. The largest absolute Gasteiger partial charge is 0.436 e. The molecule has 28 heavy (non-hydrogen) atoms. The van der Waals surface area contributed by atoms with Gasteiger partial charge in [0.2, 0.25) is 0 Å². The number of nitrogens with zero attached hydrogens (tertiary/aromatic N) is 4. The zero-order chi connectivity index (χ0) is 19.3. The van der Waals surface area contributed by atoms with Crippen LogP contribution in [0.3, 0.4) is 0 Å². The van der Waals surface area contributed by atoms with Gasteiger partial charge in [-0.2, -0.15) is 0 Å². The van der Waals surface area contributed by atoms with Crippen molar-refractivity contribution < 1.29 is 13.5 Å². The van der Waals surface area contributed by atoms with Crippen LogP contribution in [0.2, 0.25) is 0 Å². The van der Waals surface area contributed by atoms with Gasteiger partial charge in [0.05, 0.1) is 0 Å². The molecule has 1 aromatic heterocycles. The lowest BCUT2D eigenvalue weighted by Crippen LogP contribution is -2.46. The summed E-state index contributed by atoms with van der Waals surface area (Å²) in [4.78, 5) is 13.0. The number of rotatable bonds is 5. The van der Waals surface area contributed by atoms with Crippen molar-refractivity contribution in [1.82, 2.24) is 14.9 Å². The van der Waals surface area contributed by atoms with Gasteiger partial charge in [0.15, 0.2) is 5.82 Å². The first kappa shape index (κ1) is 18.3. The fraction of sp³-hybridized carbons (Fsp3) is 0.238. The van der Waals surface area contributed by atoms with Crippen molar-refractivity contribution in [2.45, 2.75) is 6.54 Å². The van der Waals surface area contributed by atoms with Crippen LogP contribution in [0.1, 0.15) is 5.56 Å². The highest BCUT2D eigenvalue weighted by atomic mass is 19.1. The van der Waals surface area contributed by atoms with Gasteiger partial charge in [0.1, 0.15) is 17.4 Å². The van der Waals surface area contributed by atoms with E-state index in [9.17, 15) is 8.78 Å². The van der Waals surface area contributed by atoms with E-state index in [-0.39, 0.29) is 11.6 Å².